The number of ether oxygens (including phenoxy) is 1. The number of aromatic nitrogens is 2. The first-order valence-electron chi connectivity index (χ1n) is 8.34. The number of carbonyl (C=O) groups is 1. The van der Waals surface area contributed by atoms with E-state index in [0.29, 0.717) is 31.2 Å². The van der Waals surface area contributed by atoms with Crippen LogP contribution in [0.5, 0.6) is 5.75 Å². The molecule has 1 aliphatic heterocycles. The summed E-state index contributed by atoms with van der Waals surface area (Å²) < 4.78 is 7.01. The van der Waals surface area contributed by atoms with E-state index in [2.05, 4.69) is 31.2 Å². The molecule has 0 saturated carbocycles. The SMILES string of the molecule is C.Cc1csc(Nc2ncc(Br)cc2OC2CCN(C(=O)CN(C)C)C2)n1. The number of nitrogens with zero attached hydrogens (tertiary/aromatic N) is 4. The van der Waals surface area contributed by atoms with E-state index in [4.69, 9.17) is 4.74 Å². The number of carbonyl (C=O) groups excluding carboxylic acids is 1. The first kappa shape index (κ1) is 21.6. The van der Waals surface area contributed by atoms with Crippen LogP contribution in [0.15, 0.2) is 22.1 Å². The third kappa shape index (κ3) is 5.88. The predicted molar refractivity (Wildman–Crippen MR) is 113 cm³/mol. The number of halogens is 1. The summed E-state index contributed by atoms with van der Waals surface area (Å²) in [7, 11) is 3.79. The van der Waals surface area contributed by atoms with Crippen molar-refractivity contribution < 1.29 is 9.53 Å². The molecule has 1 N–H and O–H groups in total. The molecule has 0 radical (unpaired) electrons. The van der Waals surface area contributed by atoms with Crippen LogP contribution < -0.4 is 10.1 Å². The molecule has 1 unspecified atom stereocenters. The van der Waals surface area contributed by atoms with Crippen molar-refractivity contribution in [3.63, 3.8) is 0 Å². The molecule has 27 heavy (non-hydrogen) atoms. The summed E-state index contributed by atoms with van der Waals surface area (Å²) in [5.74, 6) is 1.41. The quantitative estimate of drug-likeness (QED) is 0.717. The zero-order valence-corrected chi connectivity index (χ0v) is 17.4. The van der Waals surface area contributed by atoms with Gasteiger partial charge in [-0.2, -0.15) is 0 Å². The molecule has 148 valence electrons. The molecule has 7 nitrogen and oxygen atoms in total. The molecule has 3 rings (SSSR count). The van der Waals surface area contributed by atoms with Gasteiger partial charge in [-0.15, -0.1) is 11.3 Å². The number of amides is 1. The highest BCUT2D eigenvalue weighted by Gasteiger charge is 2.28. The minimum atomic E-state index is -0.0456. The lowest BCUT2D eigenvalue weighted by molar-refractivity contribution is -0.131. The van der Waals surface area contributed by atoms with E-state index in [0.717, 1.165) is 21.7 Å². The topological polar surface area (TPSA) is 70.6 Å². The van der Waals surface area contributed by atoms with Gasteiger partial charge in [-0.1, -0.05) is 7.43 Å². The van der Waals surface area contributed by atoms with Crippen LogP contribution in [0.1, 0.15) is 19.5 Å². The van der Waals surface area contributed by atoms with Crippen LogP contribution in [0.2, 0.25) is 0 Å². The normalized spacial score (nSPS) is 16.3. The summed E-state index contributed by atoms with van der Waals surface area (Å²) in [6, 6.07) is 1.89. The van der Waals surface area contributed by atoms with Gasteiger partial charge in [0.25, 0.3) is 0 Å². The first-order chi connectivity index (χ1) is 12.4. The standard InChI is InChI=1S/C17H22BrN5O2S.CH4/c1-11-10-26-17(20-11)21-16-14(6-12(18)7-19-16)25-13-4-5-23(8-13)15(24)9-22(2)3;/h6-7,10,13H,4-5,8-9H2,1-3H3,(H,19,20,21);1H4. The van der Waals surface area contributed by atoms with Gasteiger partial charge in [0.15, 0.2) is 16.7 Å². The molecule has 0 spiro atoms. The highest BCUT2D eigenvalue weighted by molar-refractivity contribution is 9.10. The van der Waals surface area contributed by atoms with Crippen molar-refractivity contribution in [3.05, 3.63) is 27.8 Å². The molecule has 1 aliphatic rings. The lowest BCUT2D eigenvalue weighted by atomic mass is 10.3. The van der Waals surface area contributed by atoms with Crippen LogP contribution in [0.4, 0.5) is 10.9 Å². The number of hydrogen-bond donors (Lipinski definition) is 1. The second-order valence-corrected chi connectivity index (χ2v) is 8.30. The minimum absolute atomic E-state index is 0. The van der Waals surface area contributed by atoms with E-state index in [1.807, 2.05) is 42.3 Å². The van der Waals surface area contributed by atoms with Crippen molar-refractivity contribution in [2.45, 2.75) is 26.9 Å². The fourth-order valence-corrected chi connectivity index (χ4v) is 3.72. The Hall–Kier alpha value is -1.71. The Kier molecular flexibility index (Phi) is 7.58. The number of anilines is 2. The fourth-order valence-electron chi connectivity index (χ4n) is 2.72. The van der Waals surface area contributed by atoms with Crippen LogP contribution in [-0.4, -0.2) is 65.5 Å². The average Bonchev–Trinajstić information content (AvgIpc) is 3.18. The van der Waals surface area contributed by atoms with E-state index in [9.17, 15) is 4.79 Å². The molecule has 1 amide bonds. The van der Waals surface area contributed by atoms with Gasteiger partial charge in [0.05, 0.1) is 18.8 Å². The predicted octanol–water partition coefficient (Wildman–Crippen LogP) is 3.53. The fraction of sp³-hybridized carbons (Fsp3) is 0.500. The second-order valence-electron chi connectivity index (χ2n) is 6.53. The van der Waals surface area contributed by atoms with Crippen LogP contribution in [0.3, 0.4) is 0 Å². The smallest absolute Gasteiger partial charge is 0.236 e. The molecule has 3 heterocycles. The molecule has 0 bridgehead atoms. The van der Waals surface area contributed by atoms with Gasteiger partial charge < -0.3 is 19.9 Å². The Balaban J connectivity index is 0.00000261. The number of likely N-dealkylation sites (N-methyl/N-ethyl adjacent to an activating group) is 1. The average molecular weight is 456 g/mol. The third-order valence-electron chi connectivity index (χ3n) is 3.91. The van der Waals surface area contributed by atoms with Crippen LogP contribution in [0, 0.1) is 6.92 Å². The highest BCUT2D eigenvalue weighted by Crippen LogP contribution is 2.31. The summed E-state index contributed by atoms with van der Waals surface area (Å²) in [5, 5.41) is 5.97. The molecule has 2 aromatic rings. The summed E-state index contributed by atoms with van der Waals surface area (Å²) >= 11 is 4.97. The minimum Gasteiger partial charge on any atom is -0.485 e. The Morgan fingerprint density at radius 3 is 2.96 bits per heavy atom. The van der Waals surface area contributed by atoms with Crippen LogP contribution in [-0.2, 0) is 4.79 Å². The molecule has 0 aliphatic carbocycles. The van der Waals surface area contributed by atoms with Crippen molar-refractivity contribution >= 4 is 44.1 Å². The van der Waals surface area contributed by atoms with E-state index in [-0.39, 0.29) is 19.4 Å². The Bertz CT molecular complexity index is 783. The van der Waals surface area contributed by atoms with Crippen molar-refractivity contribution in [3.8, 4) is 5.75 Å². The second kappa shape index (κ2) is 9.48. The molecular formula is C18H26BrN5O2S. The van der Waals surface area contributed by atoms with Gasteiger partial charge in [-0.3, -0.25) is 4.79 Å². The van der Waals surface area contributed by atoms with Crippen LogP contribution >= 0.6 is 27.3 Å². The van der Waals surface area contributed by atoms with E-state index in [1.165, 1.54) is 11.3 Å². The van der Waals surface area contributed by atoms with Crippen molar-refractivity contribution in [1.29, 1.82) is 0 Å². The largest absolute Gasteiger partial charge is 0.485 e. The lowest BCUT2D eigenvalue weighted by Gasteiger charge is -2.20. The van der Waals surface area contributed by atoms with Crippen molar-refractivity contribution in [2.24, 2.45) is 0 Å². The van der Waals surface area contributed by atoms with E-state index < -0.39 is 0 Å². The summed E-state index contributed by atoms with van der Waals surface area (Å²) in [4.78, 5) is 24.8. The van der Waals surface area contributed by atoms with Gasteiger partial charge >= 0.3 is 0 Å². The van der Waals surface area contributed by atoms with Gasteiger partial charge in [-0.25, -0.2) is 9.97 Å². The number of likely N-dealkylation sites (tertiary alicyclic amines) is 1. The number of nitrogens with one attached hydrogen (secondary N) is 1. The van der Waals surface area contributed by atoms with Gasteiger partial charge in [-0.05, 0) is 43.0 Å². The maximum atomic E-state index is 12.2. The zero-order chi connectivity index (χ0) is 18.7. The van der Waals surface area contributed by atoms with Gasteiger partial charge in [0, 0.05) is 29.0 Å². The van der Waals surface area contributed by atoms with E-state index in [1.54, 1.807) is 6.20 Å². The molecule has 0 aromatic carbocycles. The summed E-state index contributed by atoms with van der Waals surface area (Å²) in [5.41, 5.74) is 0.961. The van der Waals surface area contributed by atoms with E-state index >= 15 is 0 Å². The van der Waals surface area contributed by atoms with Crippen molar-refractivity contribution in [2.75, 3.05) is 39.0 Å². The molecule has 2 aromatic heterocycles. The Morgan fingerprint density at radius 1 is 1.52 bits per heavy atom. The molecule has 1 saturated heterocycles. The Labute approximate surface area is 172 Å². The lowest BCUT2D eigenvalue weighted by Crippen LogP contribution is -2.37. The number of rotatable bonds is 6. The van der Waals surface area contributed by atoms with Gasteiger partial charge in [0.2, 0.25) is 5.91 Å². The van der Waals surface area contributed by atoms with Gasteiger partial charge in [0.1, 0.15) is 6.10 Å². The monoisotopic (exact) mass is 455 g/mol. The van der Waals surface area contributed by atoms with Crippen molar-refractivity contribution in [1.82, 2.24) is 19.8 Å². The zero-order valence-electron chi connectivity index (χ0n) is 15.0. The number of aryl methyl sites for hydroxylation is 1. The highest BCUT2D eigenvalue weighted by atomic mass is 79.9. The summed E-state index contributed by atoms with van der Waals surface area (Å²) in [6.07, 6.45) is 2.48. The maximum Gasteiger partial charge on any atom is 0.236 e. The maximum absolute atomic E-state index is 12.2. The third-order valence-corrected chi connectivity index (χ3v) is 5.22. The number of pyridine rings is 1. The molecule has 1 atom stereocenters. The molecular weight excluding hydrogens is 430 g/mol. The summed E-state index contributed by atoms with van der Waals surface area (Å²) in [6.45, 7) is 3.68. The molecule has 9 heteroatoms. The first-order valence-corrected chi connectivity index (χ1v) is 10.0. The Morgan fingerprint density at radius 2 is 2.30 bits per heavy atom. The number of hydrogen-bond acceptors (Lipinski definition) is 7. The molecule has 1 fully saturated rings. The number of thiazole rings is 1. The van der Waals surface area contributed by atoms with Crippen LogP contribution in [0.25, 0.3) is 0 Å².